The summed E-state index contributed by atoms with van der Waals surface area (Å²) in [4.78, 5) is 0. The molecule has 0 aliphatic carbocycles. The minimum Gasteiger partial charge on any atom is -0.412 e. The van der Waals surface area contributed by atoms with Crippen molar-refractivity contribution in [1.29, 1.82) is 0 Å². The normalized spacial score (nSPS) is 13.2. The Morgan fingerprint density at radius 2 is 0.886 bits per heavy atom. The Morgan fingerprint density at radius 3 is 1.20 bits per heavy atom. The van der Waals surface area contributed by atoms with Gasteiger partial charge in [-0.1, -0.05) is 164 Å². The Morgan fingerprint density at radius 1 is 0.514 bits per heavy atom. The molecule has 3 heteroatoms. The molecule has 0 radical (unpaired) electrons. The second-order valence-electron chi connectivity index (χ2n) is 10.3. The van der Waals surface area contributed by atoms with E-state index < -0.39 is 0 Å². The second kappa shape index (κ2) is 42.3. The summed E-state index contributed by atoms with van der Waals surface area (Å²) in [6.07, 6.45) is 25.4. The molecule has 4 atom stereocenters. The zero-order chi connectivity index (χ0) is 25.0. The molecule has 0 aliphatic heterocycles. The summed E-state index contributed by atoms with van der Waals surface area (Å²) < 4.78 is 0. The summed E-state index contributed by atoms with van der Waals surface area (Å²) in [5, 5.41) is 0. The summed E-state index contributed by atoms with van der Waals surface area (Å²) in [6.45, 7) is 25.4. The fourth-order valence-corrected chi connectivity index (χ4v) is 4.13. The van der Waals surface area contributed by atoms with Crippen LogP contribution in [0.25, 0.3) is 0 Å². The van der Waals surface area contributed by atoms with E-state index in [4.69, 9.17) is 0 Å². The van der Waals surface area contributed by atoms with Gasteiger partial charge in [-0.15, -0.1) is 0 Å². The van der Waals surface area contributed by atoms with Crippen LogP contribution in [0.4, 0.5) is 0 Å². The zero-order valence-corrected chi connectivity index (χ0v) is 32.3. The molecule has 208 valence electrons. The van der Waals surface area contributed by atoms with Crippen LogP contribution < -0.4 is 0 Å². The molecule has 0 heterocycles. The molecule has 0 bridgehead atoms. The third-order valence-electron chi connectivity index (χ3n) is 7.36. The molecule has 0 fully saturated rings. The van der Waals surface area contributed by atoms with Gasteiger partial charge in [0.15, 0.2) is 0 Å². The van der Waals surface area contributed by atoms with Gasteiger partial charge in [-0.25, -0.2) is 0 Å². The fraction of sp³-hybridized carbons (Fsp3) is 0.938. The smallest absolute Gasteiger partial charge is 0.412 e. The molecule has 0 aromatic heterocycles. The van der Waals surface area contributed by atoms with E-state index in [9.17, 15) is 0 Å². The van der Waals surface area contributed by atoms with Crippen molar-refractivity contribution in [2.45, 2.75) is 171 Å². The van der Waals surface area contributed by atoms with Crippen LogP contribution in [0.3, 0.4) is 0 Å². The third-order valence-corrected chi connectivity index (χ3v) is 7.36. The van der Waals surface area contributed by atoms with E-state index in [0.29, 0.717) is 5.92 Å². The number of unbranched alkanes of at least 4 members (excludes halogenated alkanes) is 6. The van der Waals surface area contributed by atoms with Crippen molar-refractivity contribution in [3.63, 3.8) is 0 Å². The predicted molar refractivity (Wildman–Crippen MR) is 157 cm³/mol. The molecular weight excluding hydrogens is 531 g/mol. The van der Waals surface area contributed by atoms with Crippen LogP contribution in [0.5, 0.6) is 0 Å². The van der Waals surface area contributed by atoms with Crippen LogP contribution in [0, 0.1) is 37.5 Å². The monoisotopic (exact) mass is 598 g/mol. The average Bonchev–Trinajstić information content (AvgIpc) is 2.83. The van der Waals surface area contributed by atoms with Crippen LogP contribution in [0.15, 0.2) is 0 Å². The summed E-state index contributed by atoms with van der Waals surface area (Å²) in [7, 11) is 0. The van der Waals surface area contributed by atoms with Gasteiger partial charge in [-0.05, 0) is 17.8 Å². The largest absolute Gasteiger partial charge is 2.00 e. The minimum absolute atomic E-state index is 0. The average molecular weight is 602 g/mol. The molecule has 1 nitrogen and oxygen atoms in total. The molecule has 0 aliphatic rings. The first kappa shape index (κ1) is 49.2. The van der Waals surface area contributed by atoms with Gasteiger partial charge in [0.1, 0.15) is 0 Å². The van der Waals surface area contributed by atoms with E-state index in [-0.39, 0.29) is 44.4 Å². The van der Waals surface area contributed by atoms with Crippen molar-refractivity contribution >= 4 is 0 Å². The van der Waals surface area contributed by atoms with Gasteiger partial charge in [-0.3, -0.25) is 0 Å². The predicted octanol–water partition coefficient (Wildman–Crippen LogP) is 11.4. The maximum absolute atomic E-state index is 4.14. The maximum atomic E-state index is 4.14. The van der Waals surface area contributed by atoms with E-state index in [0.717, 1.165) is 17.8 Å². The van der Waals surface area contributed by atoms with Gasteiger partial charge in [0, 0.05) is 19.5 Å². The van der Waals surface area contributed by atoms with Crippen molar-refractivity contribution in [1.82, 2.24) is 0 Å². The van der Waals surface area contributed by atoms with Gasteiger partial charge >= 0.3 is 19.5 Å². The summed E-state index contributed by atoms with van der Waals surface area (Å²) in [5.74, 6) is 3.60. The van der Waals surface area contributed by atoms with Gasteiger partial charge in [0.25, 0.3) is 0 Å². The van der Waals surface area contributed by atoms with Crippen molar-refractivity contribution in [3.8, 4) is 0 Å². The zero-order valence-electron chi connectivity index (χ0n) is 26.4. The number of rotatable bonds is 20. The second-order valence-corrected chi connectivity index (χ2v) is 10.3. The van der Waals surface area contributed by atoms with Crippen LogP contribution in [0.2, 0.25) is 0 Å². The Balaban J connectivity index is -0.000000104. The molecule has 0 amide bonds. The molecule has 0 aromatic carbocycles. The number of hydrogen-bond acceptors (Lipinski definition) is 0. The molecule has 2 N–H and O–H groups in total. The Hall–Kier alpha value is 1.21. The van der Waals surface area contributed by atoms with Crippen LogP contribution >= 0.6 is 0 Å². The van der Waals surface area contributed by atoms with Gasteiger partial charge < -0.3 is 19.3 Å². The first-order valence-corrected chi connectivity index (χ1v) is 15.0. The molecule has 4 unspecified atom stereocenters. The summed E-state index contributed by atoms with van der Waals surface area (Å²) in [6, 6.07) is 0. The first-order valence-electron chi connectivity index (χ1n) is 15.0. The topological polar surface area (TPSA) is 31.5 Å². The van der Waals surface area contributed by atoms with Gasteiger partial charge in [0.05, 0.1) is 0 Å². The SMILES string of the molecule is CCC(C)CCCCCCC(C)CC.O.[CH2-]C.[CH2-]C(CC)CCCCCCC(CC)CCC.[Zn+2].[Zn]. The molecule has 35 heavy (non-hydrogen) atoms. The van der Waals surface area contributed by atoms with E-state index >= 15 is 0 Å². The summed E-state index contributed by atoms with van der Waals surface area (Å²) >= 11 is 0. The van der Waals surface area contributed by atoms with Crippen molar-refractivity contribution in [2.24, 2.45) is 23.7 Å². The van der Waals surface area contributed by atoms with Crippen LogP contribution in [-0.2, 0) is 39.0 Å². The molecule has 0 spiro atoms. The maximum Gasteiger partial charge on any atom is 2.00 e. The summed E-state index contributed by atoms with van der Waals surface area (Å²) in [5.41, 5.74) is 0. The van der Waals surface area contributed by atoms with E-state index in [2.05, 4.69) is 62.3 Å². The number of hydrogen-bond donors (Lipinski definition) is 0. The quantitative estimate of drug-likeness (QED) is 0.0755. The molecule has 0 aromatic rings. The van der Waals surface area contributed by atoms with Crippen molar-refractivity contribution in [2.75, 3.05) is 0 Å². The first-order chi connectivity index (χ1) is 15.4. The molecule has 0 saturated heterocycles. The van der Waals surface area contributed by atoms with Crippen molar-refractivity contribution < 1.29 is 44.4 Å². The van der Waals surface area contributed by atoms with E-state index in [1.165, 1.54) is 116 Å². The minimum atomic E-state index is 0. The van der Waals surface area contributed by atoms with E-state index in [1.54, 1.807) is 6.92 Å². The van der Waals surface area contributed by atoms with Crippen LogP contribution in [0.1, 0.15) is 171 Å². The molecule has 0 rings (SSSR count). The Labute approximate surface area is 251 Å². The van der Waals surface area contributed by atoms with Crippen LogP contribution in [-0.4, -0.2) is 5.48 Å². The molecular formula is C32H70OZn2. The van der Waals surface area contributed by atoms with Gasteiger partial charge in [-0.2, -0.15) is 12.8 Å². The van der Waals surface area contributed by atoms with Gasteiger partial charge in [0.2, 0.25) is 0 Å². The molecule has 0 saturated carbocycles. The Kier molecular flexibility index (Phi) is 59.4. The fourth-order valence-electron chi connectivity index (χ4n) is 4.13. The van der Waals surface area contributed by atoms with Crippen molar-refractivity contribution in [3.05, 3.63) is 13.8 Å². The Bertz CT molecular complexity index is 298. The standard InChI is InChI=1S/C16H33.C14H30.C2H5.H2O.2Zn/c1-5-12-16(7-3)14-11-9-8-10-13-15(4)6-2;1-5-13(3)11-9-7-8-10-12-14(4)6-2;1-2;;;/h15-16H,4-14H2,1-3H3;13-14H,5-12H2,1-4H3;1H2,2H3;1H2;;/q-1;;-1;;;+2. The third kappa shape index (κ3) is 42.5. The van der Waals surface area contributed by atoms with E-state index in [1.807, 2.05) is 0 Å².